The lowest BCUT2D eigenvalue weighted by molar-refractivity contribution is -0.142. The van der Waals surface area contributed by atoms with E-state index in [1.54, 1.807) is 0 Å². The minimum absolute atomic E-state index is 0.159. The first-order valence-corrected chi connectivity index (χ1v) is 8.26. The molecule has 0 aliphatic carbocycles. The highest BCUT2D eigenvalue weighted by molar-refractivity contribution is 5.87. The summed E-state index contributed by atoms with van der Waals surface area (Å²) in [6.45, 7) is 8.73. The Balaban J connectivity index is 2.97. The lowest BCUT2D eigenvalue weighted by Gasteiger charge is -2.28. The predicted octanol–water partition coefficient (Wildman–Crippen LogP) is -1.03. The molecule has 0 atom stereocenters. The van der Waals surface area contributed by atoms with Gasteiger partial charge in [-0.3, -0.25) is 9.97 Å². The highest BCUT2D eigenvalue weighted by atomic mass is 16.5. The molecule has 154 valence electrons. The molecule has 0 aromatic carbocycles. The van der Waals surface area contributed by atoms with Gasteiger partial charge in [-0.25, -0.2) is 28.5 Å². The Kier molecular flexibility index (Phi) is 7.87. The van der Waals surface area contributed by atoms with E-state index in [1.165, 1.54) is 13.8 Å². The lowest BCUT2D eigenvalue weighted by Crippen LogP contribution is -2.49. The van der Waals surface area contributed by atoms with Crippen molar-refractivity contribution < 1.29 is 24.2 Å². The molecule has 0 amide bonds. The Morgan fingerprint density at radius 2 is 1.36 bits per heavy atom. The number of aromatic amines is 2. The minimum Gasteiger partial charge on any atom is -0.462 e. The second-order valence-corrected chi connectivity index (χ2v) is 6.33. The molecule has 0 unspecified atom stereocenters. The van der Waals surface area contributed by atoms with Gasteiger partial charge in [-0.05, 0) is 13.8 Å². The van der Waals surface area contributed by atoms with Crippen LogP contribution in [0, 0.1) is 0 Å². The zero-order valence-electron chi connectivity index (χ0n) is 15.7. The van der Waals surface area contributed by atoms with Crippen molar-refractivity contribution >= 4 is 11.9 Å². The molecule has 28 heavy (non-hydrogen) atoms. The normalized spacial score (nSPS) is 11.0. The maximum atomic E-state index is 11.9. The third-order valence-electron chi connectivity index (χ3n) is 3.68. The van der Waals surface area contributed by atoms with Crippen LogP contribution >= 0.6 is 0 Å². The van der Waals surface area contributed by atoms with Crippen LogP contribution in [0.25, 0.3) is 0 Å². The predicted molar refractivity (Wildman–Crippen MR) is 97.7 cm³/mol. The van der Waals surface area contributed by atoms with Crippen LogP contribution in [0.5, 0.6) is 0 Å². The lowest BCUT2D eigenvalue weighted by atomic mass is 9.96. The highest BCUT2D eigenvalue weighted by Gasteiger charge is 2.30. The molecule has 1 rings (SSSR count). The smallest absolute Gasteiger partial charge is 0.333 e. The quantitative estimate of drug-likeness (QED) is 0.334. The van der Waals surface area contributed by atoms with Crippen molar-refractivity contribution in [3.8, 4) is 0 Å². The van der Waals surface area contributed by atoms with Gasteiger partial charge in [0.1, 0.15) is 0 Å². The number of H-pyrrole nitrogens is 2. The van der Waals surface area contributed by atoms with Crippen LogP contribution in [0.4, 0.5) is 0 Å². The Bertz CT molecular complexity index is 870. The third kappa shape index (κ3) is 6.83. The maximum absolute atomic E-state index is 11.9. The number of rotatable bonds is 10. The maximum Gasteiger partial charge on any atom is 0.333 e. The molecule has 0 spiro atoms. The molecule has 0 saturated heterocycles. The number of aliphatic hydroxyl groups is 1. The van der Waals surface area contributed by atoms with E-state index in [-0.39, 0.29) is 37.2 Å². The Hall–Kier alpha value is -3.21. The number of esters is 2. The molecule has 0 fully saturated rings. The third-order valence-corrected chi connectivity index (χ3v) is 3.68. The number of nitrogens with zero attached hydrogens (tertiary/aromatic N) is 1. The van der Waals surface area contributed by atoms with Crippen molar-refractivity contribution in [1.82, 2.24) is 14.5 Å². The van der Waals surface area contributed by atoms with Gasteiger partial charge in [0.2, 0.25) is 0 Å². The number of ether oxygens (including phenoxy) is 2. The van der Waals surface area contributed by atoms with Crippen LogP contribution in [0.15, 0.2) is 38.7 Å². The number of carbonyl (C=O) groups excluding carboxylic acids is 2. The van der Waals surface area contributed by atoms with Gasteiger partial charge in [-0.2, -0.15) is 0 Å². The molecule has 1 heterocycles. The molecule has 0 radical (unpaired) electrons. The molecule has 0 saturated carbocycles. The number of aromatic nitrogens is 3. The first-order chi connectivity index (χ1) is 12.9. The molecular formula is C17H23N3O8. The van der Waals surface area contributed by atoms with E-state index in [0.717, 1.165) is 0 Å². The summed E-state index contributed by atoms with van der Waals surface area (Å²) < 4.78 is 10.4. The molecular weight excluding hydrogens is 374 g/mol. The van der Waals surface area contributed by atoms with Crippen LogP contribution < -0.4 is 17.1 Å². The molecule has 0 aliphatic rings. The second kappa shape index (κ2) is 9.65. The van der Waals surface area contributed by atoms with Crippen LogP contribution in [-0.2, 0) is 25.6 Å². The largest absolute Gasteiger partial charge is 0.462 e. The summed E-state index contributed by atoms with van der Waals surface area (Å²) in [7, 11) is 0. The fourth-order valence-corrected chi connectivity index (χ4v) is 2.09. The number of carbonyl (C=O) groups is 2. The average Bonchev–Trinajstić information content (AvgIpc) is 2.57. The summed E-state index contributed by atoms with van der Waals surface area (Å²) in [6, 6.07) is 0. The molecule has 1 aromatic heterocycles. The van der Waals surface area contributed by atoms with Gasteiger partial charge in [-0.1, -0.05) is 13.2 Å². The summed E-state index contributed by atoms with van der Waals surface area (Å²) in [5.74, 6) is -1.34. The zero-order valence-corrected chi connectivity index (χ0v) is 15.7. The SMILES string of the molecule is C=C(C)C(=O)OCCC(O)(CCOC(=O)C(=C)C)Cn1c(=O)[nH]c(=O)[nH]c1=O. The van der Waals surface area contributed by atoms with Crippen molar-refractivity contribution in [3.05, 3.63) is 55.8 Å². The van der Waals surface area contributed by atoms with Gasteiger partial charge < -0.3 is 14.6 Å². The fourth-order valence-electron chi connectivity index (χ4n) is 2.09. The van der Waals surface area contributed by atoms with Crippen molar-refractivity contribution in [2.24, 2.45) is 0 Å². The van der Waals surface area contributed by atoms with Crippen LogP contribution in [-0.4, -0.2) is 50.4 Å². The average molecular weight is 397 g/mol. The van der Waals surface area contributed by atoms with E-state index >= 15 is 0 Å². The van der Waals surface area contributed by atoms with Gasteiger partial charge in [0.05, 0.1) is 25.4 Å². The summed E-state index contributed by atoms with van der Waals surface area (Å²) >= 11 is 0. The van der Waals surface area contributed by atoms with Crippen molar-refractivity contribution in [1.29, 1.82) is 0 Å². The number of hydrogen-bond donors (Lipinski definition) is 3. The Morgan fingerprint density at radius 1 is 0.964 bits per heavy atom. The van der Waals surface area contributed by atoms with E-state index in [1.807, 2.05) is 9.97 Å². The molecule has 3 N–H and O–H groups in total. The fraction of sp³-hybridized carbons (Fsp3) is 0.471. The summed E-state index contributed by atoms with van der Waals surface area (Å²) in [4.78, 5) is 61.6. The van der Waals surface area contributed by atoms with Gasteiger partial charge in [0, 0.05) is 24.0 Å². The summed E-state index contributed by atoms with van der Waals surface area (Å²) in [6.07, 6.45) is -0.358. The Labute approximate surface area is 159 Å². The van der Waals surface area contributed by atoms with E-state index in [2.05, 4.69) is 13.2 Å². The van der Waals surface area contributed by atoms with Crippen molar-refractivity contribution in [2.45, 2.75) is 38.8 Å². The van der Waals surface area contributed by atoms with Gasteiger partial charge in [0.15, 0.2) is 0 Å². The molecule has 11 heteroatoms. The molecule has 1 aromatic rings. The number of hydrogen-bond acceptors (Lipinski definition) is 8. The zero-order chi connectivity index (χ0) is 21.5. The second-order valence-electron chi connectivity index (χ2n) is 6.33. The highest BCUT2D eigenvalue weighted by Crippen LogP contribution is 2.18. The van der Waals surface area contributed by atoms with Gasteiger partial charge >= 0.3 is 29.0 Å². The molecule has 0 bridgehead atoms. The van der Waals surface area contributed by atoms with Gasteiger partial charge in [0.25, 0.3) is 0 Å². The first kappa shape index (κ1) is 22.8. The minimum atomic E-state index is -1.76. The van der Waals surface area contributed by atoms with Crippen LogP contribution in [0.2, 0.25) is 0 Å². The standard InChI is InChI=1S/C17H23N3O8/c1-10(2)12(21)27-7-5-17(26,6-8-28-13(22)11(3)4)9-20-15(24)18-14(23)19-16(20)25/h26H,1,3,5-9H2,2,4H3,(H2,18,19,23,24,25). The monoisotopic (exact) mass is 397 g/mol. The van der Waals surface area contributed by atoms with Crippen LogP contribution in [0.3, 0.4) is 0 Å². The van der Waals surface area contributed by atoms with Crippen molar-refractivity contribution in [2.75, 3.05) is 13.2 Å². The van der Waals surface area contributed by atoms with E-state index in [4.69, 9.17) is 9.47 Å². The van der Waals surface area contributed by atoms with Gasteiger partial charge in [-0.15, -0.1) is 0 Å². The Morgan fingerprint density at radius 3 is 1.71 bits per heavy atom. The van der Waals surface area contributed by atoms with E-state index in [9.17, 15) is 29.1 Å². The molecule has 11 nitrogen and oxygen atoms in total. The molecule has 0 aliphatic heterocycles. The van der Waals surface area contributed by atoms with Crippen LogP contribution in [0.1, 0.15) is 26.7 Å². The first-order valence-electron chi connectivity index (χ1n) is 8.26. The summed E-state index contributed by atoms with van der Waals surface area (Å²) in [5, 5.41) is 10.9. The number of nitrogens with one attached hydrogen (secondary N) is 2. The van der Waals surface area contributed by atoms with E-state index < -0.39 is 41.2 Å². The van der Waals surface area contributed by atoms with E-state index in [0.29, 0.717) is 4.57 Å². The van der Waals surface area contributed by atoms with Crippen molar-refractivity contribution in [3.63, 3.8) is 0 Å². The summed E-state index contributed by atoms with van der Waals surface area (Å²) in [5.41, 5.74) is -4.48. The topological polar surface area (TPSA) is 161 Å².